The molecule has 2 amide bonds. The highest BCUT2D eigenvalue weighted by atomic mass is 19.1. The number of benzene rings is 2. The van der Waals surface area contributed by atoms with Crippen LogP contribution in [0.5, 0.6) is 5.75 Å². The van der Waals surface area contributed by atoms with Crippen LogP contribution in [-0.2, 0) is 22.4 Å². The van der Waals surface area contributed by atoms with Gasteiger partial charge in [0, 0.05) is 30.7 Å². The molecular formula is C37H59F3N4O3. The number of rotatable bonds is 5. The fourth-order valence-electron chi connectivity index (χ4n) is 4.91. The Labute approximate surface area is 281 Å². The Morgan fingerprint density at radius 2 is 1.62 bits per heavy atom. The molecule has 1 aliphatic heterocycles. The van der Waals surface area contributed by atoms with Gasteiger partial charge in [0.25, 0.3) is 0 Å². The lowest BCUT2D eigenvalue weighted by molar-refractivity contribution is -0.128. The highest BCUT2D eigenvalue weighted by molar-refractivity contribution is 5.88. The van der Waals surface area contributed by atoms with Crippen LogP contribution in [0, 0.1) is 30.3 Å². The van der Waals surface area contributed by atoms with Crippen molar-refractivity contribution in [2.75, 3.05) is 26.2 Å². The van der Waals surface area contributed by atoms with E-state index in [0.717, 1.165) is 18.4 Å². The maximum atomic E-state index is 14.4. The lowest BCUT2D eigenvalue weighted by atomic mass is 10.0. The fourth-order valence-corrected chi connectivity index (χ4v) is 4.91. The largest absolute Gasteiger partial charge is 0.489 e. The number of carbonyl (C=O) groups is 2. The summed E-state index contributed by atoms with van der Waals surface area (Å²) in [5, 5.41) is 12.5. The summed E-state index contributed by atoms with van der Waals surface area (Å²) in [5.74, 6) is -1.02. The molecule has 3 rings (SSSR count). The third-order valence-electron chi connectivity index (χ3n) is 7.48. The van der Waals surface area contributed by atoms with E-state index in [2.05, 4.69) is 49.0 Å². The average molecular weight is 665 g/mol. The zero-order valence-corrected chi connectivity index (χ0v) is 29.8. The Hall–Kier alpha value is -3.11. The summed E-state index contributed by atoms with van der Waals surface area (Å²) in [6.45, 7) is 17.5. The molecule has 266 valence electrons. The molecule has 0 aliphatic carbocycles. The fraction of sp³-hybridized carbons (Fsp3) is 0.622. The molecule has 4 N–H and O–H groups in total. The summed E-state index contributed by atoms with van der Waals surface area (Å²) in [5.41, 5.74) is 1.63. The van der Waals surface area contributed by atoms with Crippen LogP contribution in [0.4, 0.5) is 13.2 Å². The monoisotopic (exact) mass is 664 g/mol. The van der Waals surface area contributed by atoms with Gasteiger partial charge in [-0.25, -0.2) is 13.2 Å². The molecule has 10 heteroatoms. The first-order chi connectivity index (χ1) is 22.4. The zero-order chi connectivity index (χ0) is 35.4. The Bertz CT molecular complexity index is 1190. The van der Waals surface area contributed by atoms with Crippen molar-refractivity contribution in [3.05, 3.63) is 64.5 Å². The number of fused-ring (bicyclic) bond motifs is 1. The van der Waals surface area contributed by atoms with Crippen LogP contribution in [0.1, 0.15) is 97.3 Å². The van der Waals surface area contributed by atoms with Gasteiger partial charge in [-0.05, 0) is 74.8 Å². The Balaban J connectivity index is 0.000000608. The molecular weight excluding hydrogens is 605 g/mol. The third-order valence-corrected chi connectivity index (χ3v) is 7.48. The van der Waals surface area contributed by atoms with Crippen molar-refractivity contribution in [2.24, 2.45) is 5.92 Å². The quantitative estimate of drug-likeness (QED) is 0.283. The predicted molar refractivity (Wildman–Crippen MR) is 185 cm³/mol. The summed E-state index contributed by atoms with van der Waals surface area (Å²) in [4.78, 5) is 25.1. The Morgan fingerprint density at radius 3 is 2.21 bits per heavy atom. The van der Waals surface area contributed by atoms with Gasteiger partial charge in [0.05, 0.1) is 6.54 Å². The standard InChI is InChI=1S/C24H39FN4O3.C10H12F2.C3H8/c1-5-8-20-24(31)26-12-7-10-18-9-6-11-19(25)23(18)32-15-17(4)27-13-21(16(2)3)28-14-22(30)29-20;1-3-4-8-9(11)5-7(2)6-10(8)12;1-3-2/h6,9,11,16-17,20-21,27-28H,5,7-8,10,12-15H2,1-4H3,(H,26,31)(H,29,30);5-6H,3-4H2,1-2H3;3H2,1-2H3/t17-,20?,21?;;/m0../s1. The summed E-state index contributed by atoms with van der Waals surface area (Å²) < 4.78 is 46.4. The predicted octanol–water partition coefficient (Wildman–Crippen LogP) is 6.79. The molecule has 2 aromatic carbocycles. The van der Waals surface area contributed by atoms with E-state index in [-0.39, 0.29) is 47.6 Å². The second-order valence-electron chi connectivity index (χ2n) is 12.5. The van der Waals surface area contributed by atoms with E-state index in [1.807, 2.05) is 26.8 Å². The van der Waals surface area contributed by atoms with Crippen LogP contribution < -0.4 is 26.0 Å². The number of ether oxygens (including phenoxy) is 1. The molecule has 3 atom stereocenters. The van der Waals surface area contributed by atoms with Gasteiger partial charge < -0.3 is 26.0 Å². The third kappa shape index (κ3) is 16.0. The highest BCUT2D eigenvalue weighted by Gasteiger charge is 2.22. The Morgan fingerprint density at radius 1 is 0.957 bits per heavy atom. The van der Waals surface area contributed by atoms with Gasteiger partial charge in [-0.15, -0.1) is 0 Å². The van der Waals surface area contributed by atoms with Crippen LogP contribution in [0.3, 0.4) is 0 Å². The molecule has 1 aliphatic rings. The molecule has 0 spiro atoms. The van der Waals surface area contributed by atoms with Gasteiger partial charge in [-0.1, -0.05) is 72.9 Å². The number of carbonyl (C=O) groups excluding carboxylic acids is 2. The minimum Gasteiger partial charge on any atom is -0.489 e. The minimum absolute atomic E-state index is 0.00596. The van der Waals surface area contributed by atoms with Crippen LogP contribution in [0.15, 0.2) is 30.3 Å². The molecule has 2 unspecified atom stereocenters. The van der Waals surface area contributed by atoms with E-state index in [1.54, 1.807) is 13.0 Å². The van der Waals surface area contributed by atoms with Crippen molar-refractivity contribution in [2.45, 2.75) is 118 Å². The molecule has 0 aromatic heterocycles. The van der Waals surface area contributed by atoms with Crippen molar-refractivity contribution in [1.29, 1.82) is 0 Å². The number of aryl methyl sites for hydroxylation is 2. The van der Waals surface area contributed by atoms with Gasteiger partial charge in [-0.3, -0.25) is 9.59 Å². The van der Waals surface area contributed by atoms with Crippen LogP contribution in [-0.4, -0.2) is 56.2 Å². The summed E-state index contributed by atoms with van der Waals surface area (Å²) >= 11 is 0. The van der Waals surface area contributed by atoms with E-state index in [9.17, 15) is 22.8 Å². The maximum absolute atomic E-state index is 14.4. The zero-order valence-electron chi connectivity index (χ0n) is 29.8. The summed E-state index contributed by atoms with van der Waals surface area (Å²) in [6.07, 6.45) is 5.07. The van der Waals surface area contributed by atoms with E-state index < -0.39 is 17.7 Å². The smallest absolute Gasteiger partial charge is 0.242 e. The second-order valence-corrected chi connectivity index (χ2v) is 12.5. The van der Waals surface area contributed by atoms with E-state index in [1.165, 1.54) is 24.6 Å². The first-order valence-electron chi connectivity index (χ1n) is 17.3. The van der Waals surface area contributed by atoms with Gasteiger partial charge >= 0.3 is 0 Å². The molecule has 0 saturated carbocycles. The molecule has 0 bridgehead atoms. The molecule has 0 fully saturated rings. The van der Waals surface area contributed by atoms with Gasteiger partial charge in [0.1, 0.15) is 24.3 Å². The minimum atomic E-state index is -0.558. The number of hydrogen-bond acceptors (Lipinski definition) is 5. The van der Waals surface area contributed by atoms with Crippen molar-refractivity contribution in [3.8, 4) is 5.75 Å². The Kier molecular flexibility index (Phi) is 20.7. The number of hydrogen-bond donors (Lipinski definition) is 4. The first kappa shape index (κ1) is 41.9. The lowest BCUT2D eigenvalue weighted by Gasteiger charge is -2.26. The molecule has 1 heterocycles. The van der Waals surface area contributed by atoms with Gasteiger partial charge in [0.15, 0.2) is 11.6 Å². The SMILES string of the molecule is CCC.CCCC1NC(=O)CNC(C(C)C)CN[C@@H](C)COc2c(F)cccc2CCCNC1=O.CCCc1c(F)cc(C)cc1F. The highest BCUT2D eigenvalue weighted by Crippen LogP contribution is 2.24. The normalized spacial score (nSPS) is 19.7. The average Bonchev–Trinajstić information content (AvgIpc) is 3.00. The molecule has 7 nitrogen and oxygen atoms in total. The summed E-state index contributed by atoms with van der Waals surface area (Å²) in [7, 11) is 0. The van der Waals surface area contributed by atoms with Crippen LogP contribution in [0.25, 0.3) is 0 Å². The number of nitrogens with one attached hydrogen (secondary N) is 4. The van der Waals surface area contributed by atoms with Crippen molar-refractivity contribution < 1.29 is 27.5 Å². The van der Waals surface area contributed by atoms with Crippen LogP contribution >= 0.6 is 0 Å². The van der Waals surface area contributed by atoms with Crippen LogP contribution in [0.2, 0.25) is 0 Å². The van der Waals surface area contributed by atoms with Gasteiger partial charge in [0.2, 0.25) is 11.8 Å². The number of para-hydroxylation sites is 1. The summed E-state index contributed by atoms with van der Waals surface area (Å²) in [6, 6.07) is 7.18. The molecule has 0 saturated heterocycles. The number of amides is 2. The van der Waals surface area contributed by atoms with E-state index in [4.69, 9.17) is 4.74 Å². The van der Waals surface area contributed by atoms with E-state index >= 15 is 0 Å². The van der Waals surface area contributed by atoms with Crippen molar-refractivity contribution >= 4 is 11.8 Å². The first-order valence-corrected chi connectivity index (χ1v) is 17.3. The van der Waals surface area contributed by atoms with E-state index in [0.29, 0.717) is 56.9 Å². The van der Waals surface area contributed by atoms with Gasteiger partial charge in [-0.2, -0.15) is 0 Å². The lowest BCUT2D eigenvalue weighted by Crippen LogP contribution is -2.52. The maximum Gasteiger partial charge on any atom is 0.242 e. The molecule has 2 aromatic rings. The molecule has 0 radical (unpaired) electrons. The van der Waals surface area contributed by atoms with Crippen molar-refractivity contribution in [1.82, 2.24) is 21.3 Å². The number of halogens is 3. The second kappa shape index (κ2) is 23.3. The topological polar surface area (TPSA) is 91.5 Å². The molecule has 47 heavy (non-hydrogen) atoms. The van der Waals surface area contributed by atoms with Crippen molar-refractivity contribution in [3.63, 3.8) is 0 Å².